The third-order valence-electron chi connectivity index (χ3n) is 4.86. The van der Waals surface area contributed by atoms with Gasteiger partial charge < -0.3 is 4.90 Å². The van der Waals surface area contributed by atoms with Crippen molar-refractivity contribution in [1.29, 1.82) is 0 Å². The molecule has 1 aromatic rings. The Morgan fingerprint density at radius 3 is 2.53 bits per heavy atom. The van der Waals surface area contributed by atoms with Crippen molar-refractivity contribution in [2.45, 2.75) is 44.6 Å². The molecule has 19 heavy (non-hydrogen) atoms. The first-order valence-electron chi connectivity index (χ1n) is 7.88. The number of piperazine rings is 1. The lowest BCUT2D eigenvalue weighted by Gasteiger charge is -2.36. The minimum atomic E-state index is 0.915. The average Bonchev–Trinajstić information content (AvgIpc) is 3.32. The molecule has 2 heterocycles. The van der Waals surface area contributed by atoms with Gasteiger partial charge in [0, 0.05) is 37.9 Å². The summed E-state index contributed by atoms with van der Waals surface area (Å²) in [5, 5.41) is 0. The molecular formula is C16H23N3. The number of pyridine rings is 1. The lowest BCUT2D eigenvalue weighted by molar-refractivity contribution is 0.247. The number of aromatic nitrogens is 1. The topological polar surface area (TPSA) is 19.4 Å². The van der Waals surface area contributed by atoms with Crippen LogP contribution in [0.15, 0.2) is 12.1 Å². The van der Waals surface area contributed by atoms with Gasteiger partial charge >= 0.3 is 0 Å². The summed E-state index contributed by atoms with van der Waals surface area (Å²) >= 11 is 0. The molecule has 1 aromatic heterocycles. The normalized spacial score (nSPS) is 24.3. The first-order chi connectivity index (χ1) is 9.40. The molecule has 3 aliphatic rings. The second-order valence-electron chi connectivity index (χ2n) is 6.24. The van der Waals surface area contributed by atoms with Gasteiger partial charge in [0.05, 0.1) is 0 Å². The molecule has 2 fully saturated rings. The fourth-order valence-electron chi connectivity index (χ4n) is 3.50. The van der Waals surface area contributed by atoms with E-state index < -0.39 is 0 Å². The fraction of sp³-hybridized carbons (Fsp3) is 0.688. The first kappa shape index (κ1) is 11.7. The number of nitrogens with zero attached hydrogens (tertiary/aromatic N) is 3. The molecule has 1 saturated carbocycles. The van der Waals surface area contributed by atoms with E-state index >= 15 is 0 Å². The summed E-state index contributed by atoms with van der Waals surface area (Å²) in [6.07, 6.45) is 7.93. The predicted octanol–water partition coefficient (Wildman–Crippen LogP) is 2.24. The maximum Gasteiger partial charge on any atom is 0.128 e. The fourth-order valence-corrected chi connectivity index (χ4v) is 3.50. The highest BCUT2D eigenvalue weighted by Gasteiger charge is 2.31. The summed E-state index contributed by atoms with van der Waals surface area (Å²) in [5.41, 5.74) is 2.86. The Morgan fingerprint density at radius 1 is 0.947 bits per heavy atom. The van der Waals surface area contributed by atoms with E-state index in [0.29, 0.717) is 0 Å². The molecule has 0 bridgehead atoms. The van der Waals surface area contributed by atoms with Crippen LogP contribution < -0.4 is 4.90 Å². The molecule has 0 unspecified atom stereocenters. The molecule has 3 heteroatoms. The number of hydrogen-bond acceptors (Lipinski definition) is 3. The van der Waals surface area contributed by atoms with E-state index in [-0.39, 0.29) is 0 Å². The number of anilines is 1. The van der Waals surface area contributed by atoms with Crippen molar-refractivity contribution in [3.63, 3.8) is 0 Å². The first-order valence-corrected chi connectivity index (χ1v) is 7.88. The van der Waals surface area contributed by atoms with Crippen LogP contribution >= 0.6 is 0 Å². The second kappa shape index (κ2) is 4.78. The lowest BCUT2D eigenvalue weighted by atomic mass is 9.96. The molecule has 4 rings (SSSR count). The Balaban J connectivity index is 1.47. The predicted molar refractivity (Wildman–Crippen MR) is 77.7 cm³/mol. The highest BCUT2D eigenvalue weighted by Crippen LogP contribution is 2.29. The van der Waals surface area contributed by atoms with E-state index in [9.17, 15) is 0 Å². The molecule has 102 valence electrons. The molecule has 2 aliphatic carbocycles. The van der Waals surface area contributed by atoms with E-state index in [1.165, 1.54) is 68.7 Å². The molecule has 0 aromatic carbocycles. The van der Waals surface area contributed by atoms with Gasteiger partial charge in [-0.15, -0.1) is 0 Å². The highest BCUT2D eigenvalue weighted by molar-refractivity contribution is 5.43. The Kier molecular flexibility index (Phi) is 2.95. The van der Waals surface area contributed by atoms with Crippen molar-refractivity contribution in [1.82, 2.24) is 9.88 Å². The van der Waals surface area contributed by atoms with E-state index in [1.54, 1.807) is 0 Å². The summed E-state index contributed by atoms with van der Waals surface area (Å²) in [4.78, 5) is 10.1. The van der Waals surface area contributed by atoms with Crippen LogP contribution in [0, 0.1) is 0 Å². The van der Waals surface area contributed by atoms with Crippen LogP contribution in [0.1, 0.15) is 36.9 Å². The van der Waals surface area contributed by atoms with Gasteiger partial charge in [0.2, 0.25) is 0 Å². The van der Waals surface area contributed by atoms with Crippen LogP contribution in [0.3, 0.4) is 0 Å². The van der Waals surface area contributed by atoms with Gasteiger partial charge in [0.1, 0.15) is 5.82 Å². The number of hydrogen-bond donors (Lipinski definition) is 0. The molecule has 0 radical (unpaired) electrons. The van der Waals surface area contributed by atoms with Crippen molar-refractivity contribution in [2.24, 2.45) is 0 Å². The standard InChI is InChI=1S/C16H23N3/c1-2-4-15-13(3-1)5-8-16(17-15)19-11-9-18(10-12-19)14-6-7-14/h5,8,14H,1-4,6-7,9-12H2. The van der Waals surface area contributed by atoms with Gasteiger partial charge in [-0.1, -0.05) is 6.07 Å². The van der Waals surface area contributed by atoms with E-state index in [1.807, 2.05) is 0 Å². The monoisotopic (exact) mass is 257 g/mol. The third kappa shape index (κ3) is 2.36. The number of rotatable bonds is 2. The minimum absolute atomic E-state index is 0.915. The van der Waals surface area contributed by atoms with Crippen molar-refractivity contribution < 1.29 is 0 Å². The van der Waals surface area contributed by atoms with Crippen molar-refractivity contribution >= 4 is 5.82 Å². The molecule has 0 spiro atoms. The Morgan fingerprint density at radius 2 is 1.74 bits per heavy atom. The molecule has 0 N–H and O–H groups in total. The Labute approximate surface area is 115 Å². The average molecular weight is 257 g/mol. The summed E-state index contributed by atoms with van der Waals surface area (Å²) in [6.45, 7) is 4.76. The van der Waals surface area contributed by atoms with Crippen LogP contribution in [-0.2, 0) is 12.8 Å². The zero-order valence-electron chi connectivity index (χ0n) is 11.6. The summed E-state index contributed by atoms with van der Waals surface area (Å²) in [6, 6.07) is 5.49. The van der Waals surface area contributed by atoms with Crippen molar-refractivity contribution in [3.8, 4) is 0 Å². The van der Waals surface area contributed by atoms with Crippen molar-refractivity contribution in [3.05, 3.63) is 23.4 Å². The quantitative estimate of drug-likeness (QED) is 0.810. The van der Waals surface area contributed by atoms with Gasteiger partial charge in [-0.05, 0) is 50.2 Å². The summed E-state index contributed by atoms with van der Waals surface area (Å²) in [5.74, 6) is 1.22. The van der Waals surface area contributed by atoms with E-state index in [0.717, 1.165) is 19.1 Å². The highest BCUT2D eigenvalue weighted by atomic mass is 15.3. The smallest absolute Gasteiger partial charge is 0.128 e. The Hall–Kier alpha value is -1.09. The van der Waals surface area contributed by atoms with Gasteiger partial charge in [-0.25, -0.2) is 4.98 Å². The molecule has 3 nitrogen and oxygen atoms in total. The zero-order valence-corrected chi connectivity index (χ0v) is 11.6. The molecule has 1 saturated heterocycles. The van der Waals surface area contributed by atoms with Crippen LogP contribution in [-0.4, -0.2) is 42.1 Å². The van der Waals surface area contributed by atoms with Gasteiger partial charge in [0.15, 0.2) is 0 Å². The van der Waals surface area contributed by atoms with Gasteiger partial charge in [0.25, 0.3) is 0 Å². The van der Waals surface area contributed by atoms with E-state index in [4.69, 9.17) is 4.98 Å². The maximum absolute atomic E-state index is 4.93. The molecule has 0 amide bonds. The van der Waals surface area contributed by atoms with Gasteiger partial charge in [-0.2, -0.15) is 0 Å². The second-order valence-corrected chi connectivity index (χ2v) is 6.24. The lowest BCUT2D eigenvalue weighted by Crippen LogP contribution is -2.47. The number of aryl methyl sites for hydroxylation is 2. The molecule has 0 atom stereocenters. The van der Waals surface area contributed by atoms with Crippen LogP contribution in [0.2, 0.25) is 0 Å². The molecular weight excluding hydrogens is 234 g/mol. The molecule has 1 aliphatic heterocycles. The maximum atomic E-state index is 4.93. The number of fused-ring (bicyclic) bond motifs is 1. The SMILES string of the molecule is c1cc2c(nc1N1CCN(C3CC3)CC1)CCCC2. The van der Waals surface area contributed by atoms with Crippen LogP contribution in [0.5, 0.6) is 0 Å². The van der Waals surface area contributed by atoms with Crippen molar-refractivity contribution in [2.75, 3.05) is 31.1 Å². The summed E-state index contributed by atoms with van der Waals surface area (Å²) < 4.78 is 0. The Bertz CT molecular complexity index is 459. The zero-order chi connectivity index (χ0) is 12.7. The van der Waals surface area contributed by atoms with Crippen LogP contribution in [0.25, 0.3) is 0 Å². The minimum Gasteiger partial charge on any atom is -0.354 e. The van der Waals surface area contributed by atoms with Gasteiger partial charge in [-0.3, -0.25) is 4.90 Å². The largest absolute Gasteiger partial charge is 0.354 e. The van der Waals surface area contributed by atoms with E-state index in [2.05, 4.69) is 21.9 Å². The van der Waals surface area contributed by atoms with Crippen LogP contribution in [0.4, 0.5) is 5.82 Å². The third-order valence-corrected chi connectivity index (χ3v) is 4.86. The summed E-state index contributed by atoms with van der Waals surface area (Å²) in [7, 11) is 0.